The molecule has 1 heterocycles. The summed E-state index contributed by atoms with van der Waals surface area (Å²) >= 11 is 0. The summed E-state index contributed by atoms with van der Waals surface area (Å²) in [6.45, 7) is 4.92. The zero-order valence-electron chi connectivity index (χ0n) is 11.3. The first kappa shape index (κ1) is 13.1. The van der Waals surface area contributed by atoms with E-state index in [1.807, 2.05) is 12.1 Å². The van der Waals surface area contributed by atoms with Gasteiger partial charge in [0, 0.05) is 19.1 Å². The summed E-state index contributed by atoms with van der Waals surface area (Å²) in [5.41, 5.74) is 8.29. The van der Waals surface area contributed by atoms with Crippen molar-refractivity contribution in [3.8, 4) is 0 Å². The molecule has 0 radical (unpaired) electrons. The van der Waals surface area contributed by atoms with Gasteiger partial charge in [-0.1, -0.05) is 25.1 Å². The summed E-state index contributed by atoms with van der Waals surface area (Å²) < 4.78 is 11.0. The molecule has 2 aromatic rings. The number of aryl methyl sites for hydroxylation is 1. The minimum absolute atomic E-state index is 0.0676. The molecule has 0 saturated carbocycles. The van der Waals surface area contributed by atoms with Gasteiger partial charge >= 0.3 is 0 Å². The molecular weight excluding hydrogens is 226 g/mol. The van der Waals surface area contributed by atoms with Crippen molar-refractivity contribution < 1.29 is 9.15 Å². The van der Waals surface area contributed by atoms with Crippen molar-refractivity contribution in [3.63, 3.8) is 0 Å². The summed E-state index contributed by atoms with van der Waals surface area (Å²) in [5.74, 6) is 1.29. The highest BCUT2D eigenvalue weighted by atomic mass is 16.5. The molecule has 0 aliphatic heterocycles. The fourth-order valence-electron chi connectivity index (χ4n) is 2.31. The van der Waals surface area contributed by atoms with Crippen molar-refractivity contribution in [1.29, 1.82) is 0 Å². The second-order valence-electron chi connectivity index (χ2n) is 5.04. The third kappa shape index (κ3) is 2.74. The Morgan fingerprint density at radius 1 is 1.39 bits per heavy atom. The van der Waals surface area contributed by atoms with E-state index >= 15 is 0 Å². The van der Waals surface area contributed by atoms with Crippen LogP contribution in [-0.2, 0) is 4.74 Å². The van der Waals surface area contributed by atoms with Gasteiger partial charge in [0.2, 0.25) is 0 Å². The van der Waals surface area contributed by atoms with Crippen molar-refractivity contribution in [3.05, 3.63) is 35.6 Å². The first-order valence-corrected chi connectivity index (χ1v) is 6.35. The van der Waals surface area contributed by atoms with E-state index in [0.717, 1.165) is 35.3 Å². The van der Waals surface area contributed by atoms with E-state index < -0.39 is 0 Å². The molecule has 1 aromatic heterocycles. The standard InChI is InChI=1S/C15H21NO2/c1-10(9-17-3)7-13(16)14-8-12-6-4-5-11(2)15(12)18-14/h4-6,8,10,13H,7,9,16H2,1-3H3. The van der Waals surface area contributed by atoms with Crippen molar-refractivity contribution in [2.75, 3.05) is 13.7 Å². The summed E-state index contributed by atoms with van der Waals surface area (Å²) in [4.78, 5) is 0. The predicted molar refractivity (Wildman–Crippen MR) is 73.5 cm³/mol. The molecular formula is C15H21NO2. The minimum Gasteiger partial charge on any atom is -0.459 e. The van der Waals surface area contributed by atoms with Crippen LogP contribution in [-0.4, -0.2) is 13.7 Å². The zero-order valence-corrected chi connectivity index (χ0v) is 11.3. The molecule has 0 aliphatic rings. The molecule has 0 fully saturated rings. The Labute approximate surface area is 108 Å². The molecule has 2 rings (SSSR count). The van der Waals surface area contributed by atoms with Crippen molar-refractivity contribution in [2.24, 2.45) is 11.7 Å². The number of fused-ring (bicyclic) bond motifs is 1. The van der Waals surface area contributed by atoms with Crippen LogP contribution in [0.3, 0.4) is 0 Å². The second kappa shape index (κ2) is 5.55. The molecule has 0 amide bonds. The lowest BCUT2D eigenvalue weighted by Gasteiger charge is -2.14. The monoisotopic (exact) mass is 247 g/mol. The van der Waals surface area contributed by atoms with E-state index in [0.29, 0.717) is 5.92 Å². The van der Waals surface area contributed by atoms with Gasteiger partial charge in [-0.2, -0.15) is 0 Å². The van der Waals surface area contributed by atoms with Gasteiger partial charge < -0.3 is 14.9 Å². The molecule has 0 aliphatic carbocycles. The molecule has 0 bridgehead atoms. The molecule has 0 spiro atoms. The lowest BCUT2D eigenvalue weighted by Crippen LogP contribution is -2.16. The van der Waals surface area contributed by atoms with E-state index in [1.54, 1.807) is 7.11 Å². The van der Waals surface area contributed by atoms with E-state index in [2.05, 4.69) is 26.0 Å². The number of nitrogens with two attached hydrogens (primary N) is 1. The van der Waals surface area contributed by atoms with Crippen LogP contribution < -0.4 is 5.73 Å². The fraction of sp³-hybridized carbons (Fsp3) is 0.467. The lowest BCUT2D eigenvalue weighted by atomic mass is 10.0. The molecule has 3 heteroatoms. The van der Waals surface area contributed by atoms with Gasteiger partial charge in [0.25, 0.3) is 0 Å². The van der Waals surface area contributed by atoms with E-state index in [-0.39, 0.29) is 6.04 Å². The molecule has 18 heavy (non-hydrogen) atoms. The van der Waals surface area contributed by atoms with Gasteiger partial charge in [-0.25, -0.2) is 0 Å². The number of para-hydroxylation sites is 1. The van der Waals surface area contributed by atoms with Crippen LogP contribution in [0, 0.1) is 12.8 Å². The van der Waals surface area contributed by atoms with E-state index in [4.69, 9.17) is 14.9 Å². The fourth-order valence-corrected chi connectivity index (χ4v) is 2.31. The summed E-state index contributed by atoms with van der Waals surface area (Å²) in [5, 5.41) is 1.12. The highest BCUT2D eigenvalue weighted by molar-refractivity contribution is 5.80. The maximum Gasteiger partial charge on any atom is 0.137 e. The summed E-state index contributed by atoms with van der Waals surface area (Å²) in [7, 11) is 1.71. The average molecular weight is 247 g/mol. The quantitative estimate of drug-likeness (QED) is 0.880. The smallest absolute Gasteiger partial charge is 0.137 e. The number of methoxy groups -OCH3 is 1. The maximum atomic E-state index is 6.19. The lowest BCUT2D eigenvalue weighted by molar-refractivity contribution is 0.150. The number of furan rings is 1. The van der Waals surface area contributed by atoms with Crippen molar-refractivity contribution >= 4 is 11.0 Å². The van der Waals surface area contributed by atoms with Gasteiger partial charge in [-0.05, 0) is 30.9 Å². The van der Waals surface area contributed by atoms with Crippen LogP contribution in [0.4, 0.5) is 0 Å². The van der Waals surface area contributed by atoms with Crippen LogP contribution in [0.5, 0.6) is 0 Å². The molecule has 2 unspecified atom stereocenters. The van der Waals surface area contributed by atoms with Gasteiger partial charge in [-0.15, -0.1) is 0 Å². The molecule has 2 atom stereocenters. The van der Waals surface area contributed by atoms with Crippen LogP contribution in [0.25, 0.3) is 11.0 Å². The molecule has 2 N–H and O–H groups in total. The highest BCUT2D eigenvalue weighted by Gasteiger charge is 2.16. The van der Waals surface area contributed by atoms with Gasteiger partial charge in [-0.3, -0.25) is 0 Å². The van der Waals surface area contributed by atoms with Crippen molar-refractivity contribution in [1.82, 2.24) is 0 Å². The Hall–Kier alpha value is -1.32. The number of ether oxygens (including phenoxy) is 1. The first-order chi connectivity index (χ1) is 8.61. The molecule has 0 saturated heterocycles. The maximum absolute atomic E-state index is 6.19. The molecule has 3 nitrogen and oxygen atoms in total. The Bertz CT molecular complexity index is 518. The Morgan fingerprint density at radius 2 is 2.17 bits per heavy atom. The predicted octanol–water partition coefficient (Wildman–Crippen LogP) is 3.41. The second-order valence-corrected chi connectivity index (χ2v) is 5.04. The zero-order chi connectivity index (χ0) is 13.1. The SMILES string of the molecule is COCC(C)CC(N)c1cc2cccc(C)c2o1. The summed E-state index contributed by atoms with van der Waals surface area (Å²) in [6.07, 6.45) is 0.868. The number of hydrogen-bond acceptors (Lipinski definition) is 3. The van der Waals surface area contributed by atoms with Crippen LogP contribution in [0.2, 0.25) is 0 Å². The highest BCUT2D eigenvalue weighted by Crippen LogP contribution is 2.28. The number of rotatable bonds is 5. The average Bonchev–Trinajstić information content (AvgIpc) is 2.74. The number of hydrogen-bond donors (Lipinski definition) is 1. The van der Waals surface area contributed by atoms with E-state index in [1.165, 1.54) is 0 Å². The van der Waals surface area contributed by atoms with Crippen LogP contribution in [0.1, 0.15) is 30.7 Å². The van der Waals surface area contributed by atoms with Crippen molar-refractivity contribution in [2.45, 2.75) is 26.3 Å². The first-order valence-electron chi connectivity index (χ1n) is 6.35. The van der Waals surface area contributed by atoms with Crippen LogP contribution in [0.15, 0.2) is 28.7 Å². The largest absolute Gasteiger partial charge is 0.459 e. The van der Waals surface area contributed by atoms with Crippen LogP contribution >= 0.6 is 0 Å². The Morgan fingerprint density at radius 3 is 2.83 bits per heavy atom. The Balaban J connectivity index is 2.18. The van der Waals surface area contributed by atoms with Gasteiger partial charge in [0.15, 0.2) is 0 Å². The third-order valence-corrected chi connectivity index (χ3v) is 3.23. The summed E-state index contributed by atoms with van der Waals surface area (Å²) in [6, 6.07) is 8.12. The third-order valence-electron chi connectivity index (χ3n) is 3.23. The van der Waals surface area contributed by atoms with E-state index in [9.17, 15) is 0 Å². The van der Waals surface area contributed by atoms with Gasteiger partial charge in [0.05, 0.1) is 6.04 Å². The molecule has 98 valence electrons. The number of benzene rings is 1. The Kier molecular flexibility index (Phi) is 4.04. The minimum atomic E-state index is -0.0676. The topological polar surface area (TPSA) is 48.4 Å². The van der Waals surface area contributed by atoms with Gasteiger partial charge in [0.1, 0.15) is 11.3 Å². The molecule has 1 aromatic carbocycles. The normalized spacial score (nSPS) is 14.9.